The van der Waals surface area contributed by atoms with E-state index in [1.54, 1.807) is 11.6 Å². The molecule has 1 saturated heterocycles. The minimum atomic E-state index is -0.680. The number of imidazole rings is 1. The quantitative estimate of drug-likeness (QED) is 0.730. The Morgan fingerprint density at radius 1 is 1.10 bits per heavy atom. The van der Waals surface area contributed by atoms with Crippen molar-refractivity contribution in [2.75, 3.05) is 0 Å². The van der Waals surface area contributed by atoms with Crippen LogP contribution >= 0.6 is 0 Å². The number of rotatable bonds is 5. The summed E-state index contributed by atoms with van der Waals surface area (Å²) in [7, 11) is 1.70. The number of amides is 2. The SMILES string of the molecule is Cn1c(=O)n(C2CCC(=O)NC2=O)c2ccc(CC[C@H]3CC[C@@H](C(=O)O)CC3)cc21. The Bertz CT molecular complexity index is 1060. The number of nitrogens with zero attached hydrogens (tertiary/aromatic N) is 2. The lowest BCUT2D eigenvalue weighted by Gasteiger charge is -2.26. The molecule has 2 aromatic rings. The van der Waals surface area contributed by atoms with Gasteiger partial charge in [0, 0.05) is 13.5 Å². The first-order valence-corrected chi connectivity index (χ1v) is 10.6. The minimum absolute atomic E-state index is 0.195. The fraction of sp³-hybridized carbons (Fsp3) is 0.545. The molecule has 8 nitrogen and oxygen atoms in total. The summed E-state index contributed by atoms with van der Waals surface area (Å²) in [5.74, 6) is -1.07. The molecule has 30 heavy (non-hydrogen) atoms. The highest BCUT2D eigenvalue weighted by Crippen LogP contribution is 2.32. The number of carboxylic acids is 1. The van der Waals surface area contributed by atoms with Crippen LogP contribution in [-0.4, -0.2) is 32.0 Å². The van der Waals surface area contributed by atoms with Crippen LogP contribution in [-0.2, 0) is 27.9 Å². The van der Waals surface area contributed by atoms with Crippen LogP contribution in [0.15, 0.2) is 23.0 Å². The average Bonchev–Trinajstić information content (AvgIpc) is 2.97. The molecular weight excluding hydrogens is 386 g/mol. The van der Waals surface area contributed by atoms with Gasteiger partial charge in [0.15, 0.2) is 0 Å². The third-order valence-corrected chi connectivity index (χ3v) is 6.71. The molecule has 2 aliphatic rings. The third kappa shape index (κ3) is 3.78. The highest BCUT2D eigenvalue weighted by molar-refractivity contribution is 6.00. The summed E-state index contributed by atoms with van der Waals surface area (Å²) in [5.41, 5.74) is 2.34. The van der Waals surface area contributed by atoms with Crippen LogP contribution in [0.3, 0.4) is 0 Å². The van der Waals surface area contributed by atoms with Gasteiger partial charge in [-0.05, 0) is 68.6 Å². The Morgan fingerprint density at radius 3 is 2.50 bits per heavy atom. The van der Waals surface area contributed by atoms with E-state index in [9.17, 15) is 19.2 Å². The van der Waals surface area contributed by atoms with Crippen LogP contribution < -0.4 is 11.0 Å². The largest absolute Gasteiger partial charge is 0.481 e. The number of aryl methyl sites for hydroxylation is 2. The number of piperidine rings is 1. The maximum Gasteiger partial charge on any atom is 0.329 e. The van der Waals surface area contributed by atoms with Gasteiger partial charge >= 0.3 is 11.7 Å². The fourth-order valence-electron chi connectivity index (χ4n) is 4.86. The van der Waals surface area contributed by atoms with Crippen LogP contribution in [0.1, 0.15) is 56.6 Å². The molecule has 2 N–H and O–H groups in total. The second kappa shape index (κ2) is 8.08. The smallest absolute Gasteiger partial charge is 0.329 e. The van der Waals surface area contributed by atoms with Crippen LogP contribution in [0.25, 0.3) is 11.0 Å². The Kier molecular flexibility index (Phi) is 5.49. The van der Waals surface area contributed by atoms with Crippen molar-refractivity contribution in [2.24, 2.45) is 18.9 Å². The molecule has 2 amide bonds. The number of carboxylic acid groups (broad SMARTS) is 1. The zero-order chi connectivity index (χ0) is 21.4. The van der Waals surface area contributed by atoms with Crippen molar-refractivity contribution in [2.45, 2.75) is 57.4 Å². The fourth-order valence-corrected chi connectivity index (χ4v) is 4.86. The highest BCUT2D eigenvalue weighted by Gasteiger charge is 2.31. The van der Waals surface area contributed by atoms with Gasteiger partial charge in [0.25, 0.3) is 0 Å². The third-order valence-electron chi connectivity index (χ3n) is 6.71. The molecule has 2 heterocycles. The normalized spacial score (nSPS) is 24.8. The van der Waals surface area contributed by atoms with Crippen LogP contribution in [0.4, 0.5) is 0 Å². The summed E-state index contributed by atoms with van der Waals surface area (Å²) in [6.07, 6.45) is 5.82. The number of carbonyl (C=O) groups is 3. The van der Waals surface area contributed by atoms with E-state index in [4.69, 9.17) is 5.11 Å². The lowest BCUT2D eigenvalue weighted by Crippen LogP contribution is -2.44. The average molecular weight is 413 g/mol. The van der Waals surface area contributed by atoms with E-state index < -0.39 is 17.9 Å². The lowest BCUT2D eigenvalue weighted by molar-refractivity contribution is -0.143. The number of hydrogen-bond donors (Lipinski definition) is 2. The van der Waals surface area contributed by atoms with Gasteiger partial charge in [-0.1, -0.05) is 6.07 Å². The summed E-state index contributed by atoms with van der Waals surface area (Å²) in [6, 6.07) is 5.21. The number of fused-ring (bicyclic) bond motifs is 1. The molecule has 1 aromatic heterocycles. The van der Waals surface area contributed by atoms with E-state index in [0.717, 1.165) is 49.6 Å². The van der Waals surface area contributed by atoms with E-state index >= 15 is 0 Å². The number of aromatic nitrogens is 2. The van der Waals surface area contributed by atoms with Gasteiger partial charge in [-0.25, -0.2) is 4.79 Å². The van der Waals surface area contributed by atoms with Crippen molar-refractivity contribution < 1.29 is 19.5 Å². The first-order chi connectivity index (χ1) is 14.3. The summed E-state index contributed by atoms with van der Waals surface area (Å²) in [4.78, 5) is 47.7. The predicted octanol–water partition coefficient (Wildman–Crippen LogP) is 2.14. The molecule has 1 atom stereocenters. The standard InChI is InChI=1S/C22H27N3O5/c1-24-18-12-14(3-2-13-4-7-15(8-5-13)21(28)29)6-9-16(18)25(22(24)30)17-10-11-19(26)23-20(17)27/h6,9,12-13,15,17H,2-5,7-8,10-11H2,1H3,(H,28,29)(H,23,26,27)/t13-,15+,17?. The number of hydrogen-bond acceptors (Lipinski definition) is 4. The molecule has 160 valence electrons. The molecular formula is C22H27N3O5. The number of carbonyl (C=O) groups excluding carboxylic acids is 2. The predicted molar refractivity (Wildman–Crippen MR) is 110 cm³/mol. The molecule has 0 spiro atoms. The summed E-state index contributed by atoms with van der Waals surface area (Å²) >= 11 is 0. The molecule has 1 aliphatic heterocycles. The molecule has 1 aromatic carbocycles. The van der Waals surface area contributed by atoms with E-state index in [1.165, 1.54) is 4.57 Å². The van der Waals surface area contributed by atoms with Crippen molar-refractivity contribution in [3.8, 4) is 0 Å². The Morgan fingerprint density at radius 2 is 1.83 bits per heavy atom. The second-order valence-electron chi connectivity index (χ2n) is 8.60. The molecule has 1 aliphatic carbocycles. The molecule has 1 unspecified atom stereocenters. The van der Waals surface area contributed by atoms with Crippen molar-refractivity contribution in [3.05, 3.63) is 34.2 Å². The molecule has 0 bridgehead atoms. The van der Waals surface area contributed by atoms with E-state index in [-0.39, 0.29) is 23.9 Å². The Balaban J connectivity index is 1.51. The second-order valence-corrected chi connectivity index (χ2v) is 8.60. The zero-order valence-electron chi connectivity index (χ0n) is 17.1. The Labute approximate surface area is 173 Å². The highest BCUT2D eigenvalue weighted by atomic mass is 16.4. The number of imide groups is 1. The molecule has 2 fully saturated rings. The van der Waals surface area contributed by atoms with Gasteiger partial charge in [0.2, 0.25) is 11.8 Å². The molecule has 8 heteroatoms. The summed E-state index contributed by atoms with van der Waals surface area (Å²) in [6.45, 7) is 0. The van der Waals surface area contributed by atoms with E-state index in [0.29, 0.717) is 17.9 Å². The number of nitrogens with one attached hydrogen (secondary N) is 1. The lowest BCUT2D eigenvalue weighted by atomic mass is 9.79. The summed E-state index contributed by atoms with van der Waals surface area (Å²) in [5, 5.41) is 11.5. The molecule has 1 saturated carbocycles. The van der Waals surface area contributed by atoms with Crippen LogP contribution in [0.2, 0.25) is 0 Å². The first kappa shape index (κ1) is 20.4. The van der Waals surface area contributed by atoms with Crippen molar-refractivity contribution in [3.63, 3.8) is 0 Å². The van der Waals surface area contributed by atoms with E-state index in [1.807, 2.05) is 18.2 Å². The van der Waals surface area contributed by atoms with Gasteiger partial charge < -0.3 is 5.11 Å². The van der Waals surface area contributed by atoms with Crippen molar-refractivity contribution >= 4 is 28.8 Å². The van der Waals surface area contributed by atoms with Crippen molar-refractivity contribution in [1.82, 2.24) is 14.5 Å². The first-order valence-electron chi connectivity index (χ1n) is 10.6. The molecule has 4 rings (SSSR count). The van der Waals surface area contributed by atoms with Gasteiger partial charge in [0.1, 0.15) is 6.04 Å². The number of benzene rings is 1. The number of aliphatic carboxylic acids is 1. The monoisotopic (exact) mass is 413 g/mol. The zero-order valence-corrected chi connectivity index (χ0v) is 17.1. The van der Waals surface area contributed by atoms with Gasteiger partial charge in [0.05, 0.1) is 17.0 Å². The maximum absolute atomic E-state index is 12.8. The van der Waals surface area contributed by atoms with Crippen LogP contribution in [0, 0.1) is 11.8 Å². The van der Waals surface area contributed by atoms with Crippen LogP contribution in [0.5, 0.6) is 0 Å². The minimum Gasteiger partial charge on any atom is -0.481 e. The Hall–Kier alpha value is -2.90. The maximum atomic E-state index is 12.8. The molecule has 0 radical (unpaired) electrons. The van der Waals surface area contributed by atoms with Gasteiger partial charge in [-0.15, -0.1) is 0 Å². The van der Waals surface area contributed by atoms with Gasteiger partial charge in [-0.2, -0.15) is 0 Å². The van der Waals surface area contributed by atoms with Crippen molar-refractivity contribution in [1.29, 1.82) is 0 Å². The topological polar surface area (TPSA) is 110 Å². The van der Waals surface area contributed by atoms with E-state index in [2.05, 4.69) is 5.32 Å². The summed E-state index contributed by atoms with van der Waals surface area (Å²) < 4.78 is 3.05. The van der Waals surface area contributed by atoms with Gasteiger partial charge in [-0.3, -0.25) is 28.8 Å².